The number of nitrogens with zero attached hydrogens (tertiary/aromatic N) is 2. The van der Waals surface area contributed by atoms with Crippen molar-refractivity contribution in [2.75, 3.05) is 151 Å². The molecule has 0 bridgehead atoms. The molecule has 0 spiro atoms. The van der Waals surface area contributed by atoms with E-state index in [2.05, 4.69) is 31.5 Å². The fraction of sp³-hybridized carbons (Fsp3) is 0.889. The normalized spacial score (nSPS) is 13.1. The molecule has 5 amide bonds. The maximum Gasteiger partial charge on any atom is 0.410 e. The SMILES string of the molecule is CCN(CCNCCC(=O)NCCCOCCOCCOCCCNC(=O)CCCC(=O)NCCCOCCOCCOCCCNC(=O)CCN1CCCCC1)C(=O)OC(C)(C)C. The van der Waals surface area contributed by atoms with Gasteiger partial charge in [0.15, 0.2) is 0 Å². The van der Waals surface area contributed by atoms with E-state index in [-0.39, 0.29) is 29.7 Å². The summed E-state index contributed by atoms with van der Waals surface area (Å²) in [4.78, 5) is 64.3. The number of amides is 5. The van der Waals surface area contributed by atoms with E-state index in [0.717, 1.165) is 26.1 Å². The Bertz CT molecular complexity index is 1190. The molecule has 19 heteroatoms. The van der Waals surface area contributed by atoms with Gasteiger partial charge in [-0.05, 0) is 85.7 Å². The molecular weight excluding hydrogens is 831 g/mol. The average Bonchev–Trinajstić information content (AvgIpc) is 3.26. The predicted molar refractivity (Wildman–Crippen MR) is 245 cm³/mol. The van der Waals surface area contributed by atoms with E-state index < -0.39 is 5.60 Å². The van der Waals surface area contributed by atoms with Crippen molar-refractivity contribution in [2.45, 2.75) is 110 Å². The minimum atomic E-state index is -0.531. The molecule has 19 nitrogen and oxygen atoms in total. The molecule has 0 unspecified atom stereocenters. The Kier molecular flexibility index (Phi) is 38.0. The summed E-state index contributed by atoms with van der Waals surface area (Å²) in [6.45, 7) is 20.7. The van der Waals surface area contributed by atoms with Gasteiger partial charge in [-0.1, -0.05) is 6.42 Å². The zero-order valence-electron chi connectivity index (χ0n) is 40.0. The average molecular weight is 918 g/mol. The number of nitrogens with one attached hydrogen (secondary N) is 5. The molecule has 1 heterocycles. The van der Waals surface area contributed by atoms with E-state index in [1.165, 1.54) is 19.3 Å². The third-order valence-corrected chi connectivity index (χ3v) is 9.67. The third kappa shape index (κ3) is 39.2. The van der Waals surface area contributed by atoms with Crippen molar-refractivity contribution in [1.29, 1.82) is 0 Å². The van der Waals surface area contributed by atoms with Crippen molar-refractivity contribution in [3.8, 4) is 0 Å². The van der Waals surface area contributed by atoms with Crippen LogP contribution in [0, 0.1) is 0 Å². The molecule has 1 saturated heterocycles. The Morgan fingerprint density at radius 3 is 1.28 bits per heavy atom. The monoisotopic (exact) mass is 918 g/mol. The molecule has 1 fully saturated rings. The van der Waals surface area contributed by atoms with Gasteiger partial charge in [-0.2, -0.15) is 0 Å². The lowest BCUT2D eigenvalue weighted by atomic mass is 10.1. The number of likely N-dealkylation sites (tertiary alicyclic amines) is 1. The van der Waals surface area contributed by atoms with Crippen LogP contribution in [0.2, 0.25) is 0 Å². The van der Waals surface area contributed by atoms with Gasteiger partial charge in [-0.25, -0.2) is 4.79 Å². The molecule has 0 atom stereocenters. The van der Waals surface area contributed by atoms with Crippen LogP contribution in [0.4, 0.5) is 4.79 Å². The van der Waals surface area contributed by atoms with Crippen molar-refractivity contribution in [2.24, 2.45) is 0 Å². The van der Waals surface area contributed by atoms with Crippen molar-refractivity contribution in [3.05, 3.63) is 0 Å². The number of carbonyl (C=O) groups excluding carboxylic acids is 5. The van der Waals surface area contributed by atoms with Crippen LogP contribution < -0.4 is 26.6 Å². The predicted octanol–water partition coefficient (Wildman–Crippen LogP) is 2.39. The molecule has 5 N–H and O–H groups in total. The third-order valence-electron chi connectivity index (χ3n) is 9.67. The van der Waals surface area contributed by atoms with Crippen molar-refractivity contribution >= 4 is 29.7 Å². The maximum atomic E-state index is 12.2. The maximum absolute atomic E-state index is 12.2. The molecule has 0 aromatic rings. The second kappa shape index (κ2) is 41.3. The Morgan fingerprint density at radius 2 is 0.875 bits per heavy atom. The van der Waals surface area contributed by atoms with Crippen molar-refractivity contribution < 1.29 is 57.1 Å². The van der Waals surface area contributed by atoms with Gasteiger partial charge < -0.3 is 69.5 Å². The molecule has 0 aromatic carbocycles. The van der Waals surface area contributed by atoms with Gasteiger partial charge in [0.1, 0.15) is 5.60 Å². The number of ether oxygens (including phenoxy) is 7. The Hall–Kier alpha value is -3.17. The lowest BCUT2D eigenvalue weighted by molar-refractivity contribution is -0.123. The van der Waals surface area contributed by atoms with E-state index >= 15 is 0 Å². The number of likely N-dealkylation sites (N-methyl/N-ethyl adjacent to an activating group) is 1. The Morgan fingerprint density at radius 1 is 0.484 bits per heavy atom. The van der Waals surface area contributed by atoms with Crippen LogP contribution in [-0.4, -0.2) is 196 Å². The van der Waals surface area contributed by atoms with E-state index in [4.69, 9.17) is 33.2 Å². The second-order valence-corrected chi connectivity index (χ2v) is 16.6. The zero-order valence-corrected chi connectivity index (χ0v) is 40.0. The lowest BCUT2D eigenvalue weighted by Crippen LogP contribution is -2.40. The number of hydrogen-bond acceptors (Lipinski definition) is 14. The summed E-state index contributed by atoms with van der Waals surface area (Å²) in [5.74, 6) is -0.0885. The molecule has 0 saturated carbocycles. The van der Waals surface area contributed by atoms with Gasteiger partial charge in [0.05, 0.1) is 52.9 Å². The number of carbonyl (C=O) groups is 5. The molecule has 0 radical (unpaired) electrons. The summed E-state index contributed by atoms with van der Waals surface area (Å²) >= 11 is 0. The molecule has 374 valence electrons. The zero-order chi connectivity index (χ0) is 46.8. The molecule has 64 heavy (non-hydrogen) atoms. The topological polar surface area (TPSA) is 217 Å². The largest absolute Gasteiger partial charge is 0.444 e. The van der Waals surface area contributed by atoms with Gasteiger partial charge in [-0.3, -0.25) is 19.2 Å². The van der Waals surface area contributed by atoms with Crippen LogP contribution in [0.25, 0.3) is 0 Å². The van der Waals surface area contributed by atoms with E-state index in [9.17, 15) is 24.0 Å². The van der Waals surface area contributed by atoms with Crippen LogP contribution in [-0.2, 0) is 52.3 Å². The summed E-state index contributed by atoms with van der Waals surface area (Å²) in [6.07, 6.45) is 8.28. The van der Waals surface area contributed by atoms with Crippen LogP contribution in [0.5, 0.6) is 0 Å². The van der Waals surface area contributed by atoms with E-state index in [0.29, 0.717) is 183 Å². The highest BCUT2D eigenvalue weighted by atomic mass is 16.6. The quantitative estimate of drug-likeness (QED) is 0.0557. The summed E-state index contributed by atoms with van der Waals surface area (Å²) in [6, 6.07) is 0. The standard InChI is InChI=1S/C45H87N7O12/c1-5-52(44(57)64-45(2,3)4)27-23-46-22-16-42(55)49-20-12-30-60-34-38-62-36-32-58-28-10-18-47-40(53)14-9-15-41(54)48-19-11-29-59-33-37-63-39-35-61-31-13-21-50-43(56)17-26-51-24-7-6-8-25-51/h46H,5-39H2,1-4H3,(H,47,53)(H,48,54)(H,49,55)(H,50,56). The lowest BCUT2D eigenvalue weighted by Gasteiger charge is -2.26. The fourth-order valence-corrected chi connectivity index (χ4v) is 6.14. The minimum Gasteiger partial charge on any atom is -0.444 e. The number of piperidine rings is 1. The molecule has 1 aliphatic heterocycles. The van der Waals surface area contributed by atoms with Crippen LogP contribution in [0.1, 0.15) is 105 Å². The van der Waals surface area contributed by atoms with Gasteiger partial charge in [-0.15, -0.1) is 0 Å². The number of rotatable bonds is 42. The van der Waals surface area contributed by atoms with Gasteiger partial charge in [0.2, 0.25) is 23.6 Å². The molecule has 1 rings (SSSR count). The van der Waals surface area contributed by atoms with Gasteiger partial charge in [0.25, 0.3) is 0 Å². The van der Waals surface area contributed by atoms with Crippen molar-refractivity contribution in [1.82, 2.24) is 36.4 Å². The van der Waals surface area contributed by atoms with Crippen LogP contribution in [0.15, 0.2) is 0 Å². The van der Waals surface area contributed by atoms with Crippen molar-refractivity contribution in [3.63, 3.8) is 0 Å². The van der Waals surface area contributed by atoms with E-state index in [1.54, 1.807) is 4.90 Å². The van der Waals surface area contributed by atoms with Crippen LogP contribution in [0.3, 0.4) is 0 Å². The Balaban J connectivity index is 1.76. The Labute approximate surface area is 384 Å². The first-order valence-electron chi connectivity index (χ1n) is 23.9. The highest BCUT2D eigenvalue weighted by molar-refractivity contribution is 5.79. The molecule has 0 aromatic heterocycles. The molecular formula is C45H87N7O12. The summed E-state index contributed by atoms with van der Waals surface area (Å²) in [5.41, 5.74) is -0.531. The molecule has 1 aliphatic rings. The first kappa shape index (κ1) is 58.8. The first-order valence-corrected chi connectivity index (χ1v) is 23.9. The number of hydrogen-bond donors (Lipinski definition) is 5. The summed E-state index contributed by atoms with van der Waals surface area (Å²) in [7, 11) is 0. The minimum absolute atomic E-state index is 0.0350. The summed E-state index contributed by atoms with van der Waals surface area (Å²) in [5, 5.41) is 14.7. The first-order chi connectivity index (χ1) is 31.0. The van der Waals surface area contributed by atoms with Gasteiger partial charge in [0, 0.05) is 111 Å². The molecule has 0 aliphatic carbocycles. The van der Waals surface area contributed by atoms with E-state index in [1.807, 2.05) is 27.7 Å². The smallest absolute Gasteiger partial charge is 0.410 e. The highest BCUT2D eigenvalue weighted by Gasteiger charge is 2.20. The fourth-order valence-electron chi connectivity index (χ4n) is 6.14. The summed E-state index contributed by atoms with van der Waals surface area (Å²) < 4.78 is 38.6. The van der Waals surface area contributed by atoms with Gasteiger partial charge >= 0.3 is 6.09 Å². The second-order valence-electron chi connectivity index (χ2n) is 16.6. The van der Waals surface area contributed by atoms with Crippen LogP contribution >= 0.6 is 0 Å². The highest BCUT2D eigenvalue weighted by Crippen LogP contribution is 2.10.